The first-order valence-electron chi connectivity index (χ1n) is 6.58. The highest BCUT2D eigenvalue weighted by Gasteiger charge is 2.52. The highest BCUT2D eigenvalue weighted by Crippen LogP contribution is 2.43. The number of hydrogen-bond donors (Lipinski definition) is 1. The normalized spacial score (nSPS) is 26.7. The van der Waals surface area contributed by atoms with Crippen LogP contribution in [0.2, 0.25) is 0 Å². The molecule has 0 aromatic carbocycles. The van der Waals surface area contributed by atoms with Gasteiger partial charge in [-0.3, -0.25) is 4.99 Å². The molecule has 2 N–H and O–H groups in total. The summed E-state index contributed by atoms with van der Waals surface area (Å²) in [6, 6.07) is 0. The van der Waals surface area contributed by atoms with Gasteiger partial charge in [0.15, 0.2) is 15.8 Å². The van der Waals surface area contributed by atoms with Crippen molar-refractivity contribution >= 4 is 39.8 Å². The smallest absolute Gasteiger partial charge is 0.191 e. The molecule has 2 aliphatic rings. The van der Waals surface area contributed by atoms with E-state index in [1.54, 1.807) is 0 Å². The van der Waals surface area contributed by atoms with E-state index in [1.807, 2.05) is 0 Å². The maximum Gasteiger partial charge on any atom is 0.191 e. The van der Waals surface area contributed by atoms with E-state index in [0.29, 0.717) is 18.4 Å². The average Bonchev–Trinajstić information content (AvgIpc) is 3.06. The lowest BCUT2D eigenvalue weighted by Crippen LogP contribution is -2.44. The fraction of sp³-hybridized carbons (Fsp3) is 0.917. The molecule has 2 rings (SSSR count). The van der Waals surface area contributed by atoms with E-state index in [4.69, 9.17) is 5.73 Å². The number of nitrogens with zero attached hydrogens (tertiary/aromatic N) is 2. The Hall–Kier alpha value is -0.0500. The molecule has 0 amide bonds. The van der Waals surface area contributed by atoms with Gasteiger partial charge in [0.05, 0.1) is 11.3 Å². The second-order valence-electron chi connectivity index (χ2n) is 5.82. The Kier molecular flexibility index (Phi) is 5.51. The van der Waals surface area contributed by atoms with Crippen molar-refractivity contribution in [3.05, 3.63) is 0 Å². The van der Waals surface area contributed by atoms with Gasteiger partial charge in [0.25, 0.3) is 0 Å². The van der Waals surface area contributed by atoms with E-state index in [9.17, 15) is 8.42 Å². The lowest BCUT2D eigenvalue weighted by molar-refractivity contribution is 0.270. The summed E-state index contributed by atoms with van der Waals surface area (Å²) in [5.74, 6) is 1.15. The lowest BCUT2D eigenvalue weighted by atomic mass is 10.0. The number of likely N-dealkylation sites (tertiary alicyclic amines) is 1. The molecule has 1 heterocycles. The van der Waals surface area contributed by atoms with Gasteiger partial charge in [-0.1, -0.05) is 6.92 Å². The van der Waals surface area contributed by atoms with Crippen molar-refractivity contribution in [1.82, 2.24) is 4.90 Å². The summed E-state index contributed by atoms with van der Waals surface area (Å²) in [6.45, 7) is 4.40. The molecule has 1 saturated heterocycles. The van der Waals surface area contributed by atoms with Gasteiger partial charge in [-0.25, -0.2) is 8.42 Å². The first-order chi connectivity index (χ1) is 8.34. The van der Waals surface area contributed by atoms with E-state index in [2.05, 4.69) is 16.8 Å². The SMILES string of the molecule is CC1CCCN(C(N)=NCC2(S(C)(=O)=O)CC2)C1.I. The van der Waals surface area contributed by atoms with Gasteiger partial charge < -0.3 is 10.6 Å². The van der Waals surface area contributed by atoms with E-state index < -0.39 is 14.6 Å². The molecular formula is C12H24IN3O2S. The van der Waals surface area contributed by atoms with Crippen LogP contribution in [-0.4, -0.2) is 49.9 Å². The van der Waals surface area contributed by atoms with Crippen LogP contribution in [0.3, 0.4) is 0 Å². The molecule has 5 nitrogen and oxygen atoms in total. The Labute approximate surface area is 133 Å². The third kappa shape index (κ3) is 3.96. The van der Waals surface area contributed by atoms with Gasteiger partial charge in [-0.05, 0) is 31.6 Å². The monoisotopic (exact) mass is 401 g/mol. The highest BCUT2D eigenvalue weighted by atomic mass is 127. The number of aliphatic imine (C=N–C) groups is 1. The van der Waals surface area contributed by atoms with Crippen molar-refractivity contribution in [1.29, 1.82) is 0 Å². The minimum atomic E-state index is -3.01. The predicted molar refractivity (Wildman–Crippen MR) is 88.7 cm³/mol. The second-order valence-corrected chi connectivity index (χ2v) is 8.23. The summed E-state index contributed by atoms with van der Waals surface area (Å²) in [5.41, 5.74) is 5.97. The van der Waals surface area contributed by atoms with Crippen LogP contribution < -0.4 is 5.73 Å². The Morgan fingerprint density at radius 1 is 1.47 bits per heavy atom. The first-order valence-corrected chi connectivity index (χ1v) is 8.48. The van der Waals surface area contributed by atoms with Crippen LogP contribution in [0.5, 0.6) is 0 Å². The zero-order valence-corrected chi connectivity index (χ0v) is 14.8. The highest BCUT2D eigenvalue weighted by molar-refractivity contribution is 14.0. The molecule has 1 atom stereocenters. The van der Waals surface area contributed by atoms with Crippen molar-refractivity contribution in [2.45, 2.75) is 37.4 Å². The molecular weight excluding hydrogens is 377 g/mol. The molecule has 1 saturated carbocycles. The van der Waals surface area contributed by atoms with Crippen LogP contribution in [0.25, 0.3) is 0 Å². The Balaban J connectivity index is 0.00000180. The van der Waals surface area contributed by atoms with E-state index in [0.717, 1.165) is 32.4 Å². The topological polar surface area (TPSA) is 75.8 Å². The zero-order chi connectivity index (χ0) is 13.4. The molecule has 19 heavy (non-hydrogen) atoms. The molecule has 0 aromatic rings. The molecule has 1 unspecified atom stereocenters. The van der Waals surface area contributed by atoms with Crippen molar-refractivity contribution < 1.29 is 8.42 Å². The predicted octanol–water partition coefficient (Wildman–Crippen LogP) is 1.23. The van der Waals surface area contributed by atoms with E-state index in [1.165, 1.54) is 12.7 Å². The van der Waals surface area contributed by atoms with Gasteiger partial charge in [0.2, 0.25) is 0 Å². The zero-order valence-electron chi connectivity index (χ0n) is 11.6. The van der Waals surface area contributed by atoms with Gasteiger partial charge >= 0.3 is 0 Å². The third-order valence-electron chi connectivity index (χ3n) is 4.10. The molecule has 2 fully saturated rings. The molecule has 7 heteroatoms. The van der Waals surface area contributed by atoms with Crippen LogP contribution in [0.15, 0.2) is 4.99 Å². The van der Waals surface area contributed by atoms with Crippen LogP contribution in [0, 0.1) is 5.92 Å². The number of piperidine rings is 1. The molecule has 1 aliphatic carbocycles. The van der Waals surface area contributed by atoms with E-state index >= 15 is 0 Å². The number of halogens is 1. The number of hydrogen-bond acceptors (Lipinski definition) is 3. The maximum absolute atomic E-state index is 11.6. The molecule has 0 bridgehead atoms. The van der Waals surface area contributed by atoms with Crippen LogP contribution in [-0.2, 0) is 9.84 Å². The number of guanidine groups is 1. The van der Waals surface area contributed by atoms with Crippen molar-refractivity contribution in [2.24, 2.45) is 16.6 Å². The second kappa shape index (κ2) is 6.15. The largest absolute Gasteiger partial charge is 0.370 e. The average molecular weight is 401 g/mol. The Morgan fingerprint density at radius 2 is 2.11 bits per heavy atom. The summed E-state index contributed by atoms with van der Waals surface area (Å²) < 4.78 is 22.7. The fourth-order valence-electron chi connectivity index (χ4n) is 2.51. The number of rotatable bonds is 3. The van der Waals surface area contributed by atoms with Crippen LogP contribution in [0.4, 0.5) is 0 Å². The summed E-state index contributed by atoms with van der Waals surface area (Å²) in [6.07, 6.45) is 5.11. The summed E-state index contributed by atoms with van der Waals surface area (Å²) in [5, 5.41) is 0. The van der Waals surface area contributed by atoms with Crippen molar-refractivity contribution in [2.75, 3.05) is 25.9 Å². The van der Waals surface area contributed by atoms with Gasteiger partial charge in [0, 0.05) is 19.3 Å². The molecule has 0 radical (unpaired) electrons. The fourth-order valence-corrected chi connectivity index (χ4v) is 3.65. The van der Waals surface area contributed by atoms with Crippen molar-refractivity contribution in [3.63, 3.8) is 0 Å². The molecule has 0 aromatic heterocycles. The minimum absolute atomic E-state index is 0. The van der Waals surface area contributed by atoms with Crippen molar-refractivity contribution in [3.8, 4) is 0 Å². The first kappa shape index (κ1) is 17.0. The summed E-state index contributed by atoms with van der Waals surface area (Å²) in [7, 11) is -3.01. The maximum atomic E-state index is 11.6. The number of sulfone groups is 1. The Morgan fingerprint density at radius 3 is 2.58 bits per heavy atom. The van der Waals surface area contributed by atoms with Gasteiger partial charge in [-0.15, -0.1) is 24.0 Å². The number of nitrogens with two attached hydrogens (primary N) is 1. The molecule has 112 valence electrons. The third-order valence-corrected chi connectivity index (χ3v) is 6.21. The Bertz CT molecular complexity index is 446. The van der Waals surface area contributed by atoms with Crippen LogP contribution in [0.1, 0.15) is 32.6 Å². The molecule has 0 spiro atoms. The summed E-state index contributed by atoms with van der Waals surface area (Å²) in [4.78, 5) is 6.40. The van der Waals surface area contributed by atoms with Gasteiger partial charge in [0.1, 0.15) is 0 Å². The summed E-state index contributed by atoms with van der Waals surface area (Å²) >= 11 is 0. The lowest BCUT2D eigenvalue weighted by Gasteiger charge is -2.31. The van der Waals surface area contributed by atoms with E-state index in [-0.39, 0.29) is 24.0 Å². The minimum Gasteiger partial charge on any atom is -0.370 e. The molecule has 1 aliphatic heterocycles. The standard InChI is InChI=1S/C12H23N3O2S.HI/c1-10-4-3-7-15(8-10)11(13)14-9-12(5-6-12)18(2,16)17;/h10H,3-9H2,1-2H3,(H2,13,14);1H. The van der Waals surface area contributed by atoms with Crippen LogP contribution >= 0.6 is 24.0 Å². The van der Waals surface area contributed by atoms with Gasteiger partial charge in [-0.2, -0.15) is 0 Å². The quantitative estimate of drug-likeness (QED) is 0.439.